The summed E-state index contributed by atoms with van der Waals surface area (Å²) >= 11 is 0. The lowest BCUT2D eigenvalue weighted by Crippen LogP contribution is -2.48. The molecular formula is C23H24F3N5O2. The topological polar surface area (TPSA) is 75.3 Å². The quantitative estimate of drug-likeness (QED) is 0.621. The summed E-state index contributed by atoms with van der Waals surface area (Å²) in [6, 6.07) is 6.94. The zero-order valence-corrected chi connectivity index (χ0v) is 18.0. The van der Waals surface area contributed by atoms with Crippen LogP contribution in [-0.4, -0.2) is 58.8 Å². The van der Waals surface area contributed by atoms with Crippen molar-refractivity contribution in [2.45, 2.75) is 25.2 Å². The van der Waals surface area contributed by atoms with E-state index in [9.17, 15) is 13.2 Å². The van der Waals surface area contributed by atoms with Crippen molar-refractivity contribution in [2.24, 2.45) is 11.8 Å². The van der Waals surface area contributed by atoms with Gasteiger partial charge in [-0.2, -0.15) is 13.2 Å². The number of nitrogens with one attached hydrogen (secondary N) is 2. The van der Waals surface area contributed by atoms with Gasteiger partial charge in [0, 0.05) is 30.5 Å². The number of aromatic amines is 1. The van der Waals surface area contributed by atoms with Gasteiger partial charge in [-0.05, 0) is 24.6 Å². The molecule has 2 N–H and O–H groups in total. The van der Waals surface area contributed by atoms with Crippen molar-refractivity contribution in [3.8, 4) is 5.75 Å². The number of hydrogen-bond acceptors (Lipinski definition) is 6. The average Bonchev–Trinajstić information content (AvgIpc) is 3.48. The Labute approximate surface area is 188 Å². The molecule has 2 saturated heterocycles. The number of benzene rings is 1. The van der Waals surface area contributed by atoms with Gasteiger partial charge in [-0.15, -0.1) is 0 Å². The Morgan fingerprint density at radius 3 is 2.64 bits per heavy atom. The minimum Gasteiger partial charge on any atom is -0.491 e. The molecule has 1 aromatic carbocycles. The second-order valence-corrected chi connectivity index (χ2v) is 9.22. The fraction of sp³-hybridized carbons (Fsp3) is 0.478. The molecule has 2 fully saturated rings. The maximum atomic E-state index is 13.3. The third-order valence-electron chi connectivity index (χ3n) is 7.06. The first-order chi connectivity index (χ1) is 15.9. The van der Waals surface area contributed by atoms with Crippen molar-refractivity contribution in [3.05, 3.63) is 47.4 Å². The summed E-state index contributed by atoms with van der Waals surface area (Å²) in [7, 11) is 0. The Hall–Kier alpha value is -2.85. The van der Waals surface area contributed by atoms with Gasteiger partial charge in [0.15, 0.2) is 0 Å². The van der Waals surface area contributed by atoms with Crippen LogP contribution in [0.4, 0.5) is 19.0 Å². The summed E-state index contributed by atoms with van der Waals surface area (Å²) in [6.07, 6.45) is -3.21. The molecule has 7 nitrogen and oxygen atoms in total. The minimum absolute atomic E-state index is 0.0110. The lowest BCUT2D eigenvalue weighted by molar-refractivity contribution is -0.140. The third kappa shape index (κ3) is 3.61. The normalized spacial score (nSPS) is 27.4. The molecule has 5 heterocycles. The number of anilines is 1. The molecule has 2 aromatic heterocycles. The van der Waals surface area contributed by atoms with Crippen molar-refractivity contribution >= 4 is 16.9 Å². The molecule has 3 aliphatic heterocycles. The molecule has 4 unspecified atom stereocenters. The summed E-state index contributed by atoms with van der Waals surface area (Å²) in [5.41, 5.74) is 1.38. The van der Waals surface area contributed by atoms with E-state index in [-0.39, 0.29) is 17.7 Å². The lowest BCUT2D eigenvalue weighted by Gasteiger charge is -2.40. The van der Waals surface area contributed by atoms with Crippen LogP contribution < -0.4 is 10.1 Å². The number of likely N-dealkylation sites (tertiary alicyclic amines) is 1. The Morgan fingerprint density at radius 2 is 1.88 bits per heavy atom. The zero-order valence-electron chi connectivity index (χ0n) is 18.0. The number of H-pyrrole nitrogens is 1. The van der Waals surface area contributed by atoms with Gasteiger partial charge in [0.1, 0.15) is 35.8 Å². The molecule has 174 valence electrons. The summed E-state index contributed by atoms with van der Waals surface area (Å²) in [6.45, 7) is 5.88. The summed E-state index contributed by atoms with van der Waals surface area (Å²) in [5, 5.41) is 3.78. The van der Waals surface area contributed by atoms with Crippen molar-refractivity contribution in [2.75, 3.05) is 38.2 Å². The molecule has 0 spiro atoms. The number of alkyl halides is 3. The van der Waals surface area contributed by atoms with E-state index in [0.717, 1.165) is 49.2 Å². The second kappa shape index (κ2) is 7.59. The number of ether oxygens (including phenoxy) is 2. The molecule has 0 saturated carbocycles. The Morgan fingerprint density at radius 1 is 1.09 bits per heavy atom. The molecule has 6 rings (SSSR count). The van der Waals surface area contributed by atoms with E-state index in [1.807, 2.05) is 25.1 Å². The highest BCUT2D eigenvalue weighted by molar-refractivity contribution is 5.88. The van der Waals surface area contributed by atoms with Crippen LogP contribution in [0.15, 0.2) is 30.6 Å². The van der Waals surface area contributed by atoms with Crippen LogP contribution in [0, 0.1) is 18.8 Å². The smallest absolute Gasteiger partial charge is 0.431 e. The molecule has 3 aromatic rings. The summed E-state index contributed by atoms with van der Waals surface area (Å²) in [5.74, 6) is 2.18. The maximum absolute atomic E-state index is 13.3. The van der Waals surface area contributed by atoms with E-state index in [2.05, 4.69) is 25.2 Å². The molecular weight excluding hydrogens is 435 g/mol. The third-order valence-corrected chi connectivity index (χ3v) is 7.06. The largest absolute Gasteiger partial charge is 0.491 e. The van der Waals surface area contributed by atoms with Gasteiger partial charge in [0.25, 0.3) is 0 Å². The van der Waals surface area contributed by atoms with Crippen LogP contribution in [0.3, 0.4) is 0 Å². The van der Waals surface area contributed by atoms with E-state index < -0.39 is 11.9 Å². The molecule has 0 radical (unpaired) electrons. The predicted molar refractivity (Wildman–Crippen MR) is 115 cm³/mol. The molecule has 0 aliphatic carbocycles. The van der Waals surface area contributed by atoms with Gasteiger partial charge in [-0.1, -0.05) is 12.1 Å². The van der Waals surface area contributed by atoms with E-state index in [0.29, 0.717) is 29.6 Å². The van der Waals surface area contributed by atoms with Crippen LogP contribution in [-0.2, 0) is 10.9 Å². The van der Waals surface area contributed by atoms with Crippen molar-refractivity contribution in [1.29, 1.82) is 0 Å². The van der Waals surface area contributed by atoms with E-state index in [4.69, 9.17) is 9.47 Å². The van der Waals surface area contributed by atoms with E-state index in [1.54, 1.807) is 0 Å². The number of fused-ring (bicyclic) bond motifs is 3. The fourth-order valence-electron chi connectivity index (χ4n) is 5.34. The first-order valence-corrected chi connectivity index (χ1v) is 11.1. The van der Waals surface area contributed by atoms with Crippen LogP contribution in [0.5, 0.6) is 5.75 Å². The number of halogens is 3. The zero-order chi connectivity index (χ0) is 22.7. The Kier molecular flexibility index (Phi) is 4.77. The van der Waals surface area contributed by atoms with E-state index >= 15 is 0 Å². The highest BCUT2D eigenvalue weighted by Gasteiger charge is 2.44. The monoisotopic (exact) mass is 459 g/mol. The number of rotatable bonds is 3. The highest BCUT2D eigenvalue weighted by Crippen LogP contribution is 2.41. The van der Waals surface area contributed by atoms with E-state index in [1.165, 1.54) is 6.33 Å². The SMILES string of the molecule is Cc1ccc2c(c1)OCC(N1CC3COCC3C1)C2Nc1ncnc2[nH]c(C(F)(F)F)cc12. The van der Waals surface area contributed by atoms with Crippen molar-refractivity contribution < 1.29 is 22.6 Å². The minimum atomic E-state index is -4.49. The highest BCUT2D eigenvalue weighted by atomic mass is 19.4. The number of nitrogens with zero attached hydrogens (tertiary/aromatic N) is 3. The number of aromatic nitrogens is 3. The standard InChI is InChI=1S/C23H24F3N5O2/c1-12-2-3-15-18(4-12)33-10-17(31-6-13-8-32-9-14(13)7-31)20(15)30-22-16-5-19(23(24,25)26)29-21(16)27-11-28-22/h2-5,11,13-14,17,20H,6-10H2,1H3,(H2,27,28,29,30). The molecule has 3 aliphatic rings. The Balaban J connectivity index is 1.38. The van der Waals surface area contributed by atoms with Gasteiger partial charge in [-0.3, -0.25) is 4.90 Å². The van der Waals surface area contributed by atoms with Gasteiger partial charge in [-0.25, -0.2) is 9.97 Å². The summed E-state index contributed by atoms with van der Waals surface area (Å²) in [4.78, 5) is 13.1. The van der Waals surface area contributed by atoms with Crippen LogP contribution in [0.1, 0.15) is 22.9 Å². The number of hydrogen-bond donors (Lipinski definition) is 2. The molecule has 0 amide bonds. The summed E-state index contributed by atoms with van der Waals surface area (Å²) < 4.78 is 51.7. The predicted octanol–water partition coefficient (Wildman–Crippen LogP) is 3.78. The lowest BCUT2D eigenvalue weighted by atomic mass is 9.94. The van der Waals surface area contributed by atoms with Gasteiger partial charge in [0.05, 0.1) is 30.7 Å². The fourth-order valence-corrected chi connectivity index (χ4v) is 5.34. The second-order valence-electron chi connectivity index (χ2n) is 9.22. The van der Waals surface area contributed by atoms with Gasteiger partial charge < -0.3 is 19.8 Å². The van der Waals surface area contributed by atoms with Crippen LogP contribution in [0.25, 0.3) is 11.0 Å². The first kappa shape index (κ1) is 20.7. The van der Waals surface area contributed by atoms with Crippen molar-refractivity contribution in [3.63, 3.8) is 0 Å². The van der Waals surface area contributed by atoms with Crippen LogP contribution >= 0.6 is 0 Å². The first-order valence-electron chi connectivity index (χ1n) is 11.1. The number of aryl methyl sites for hydroxylation is 1. The van der Waals surface area contributed by atoms with Gasteiger partial charge in [0.2, 0.25) is 0 Å². The molecule has 10 heteroatoms. The van der Waals surface area contributed by atoms with Crippen LogP contribution in [0.2, 0.25) is 0 Å². The van der Waals surface area contributed by atoms with Crippen molar-refractivity contribution in [1.82, 2.24) is 19.9 Å². The molecule has 4 atom stereocenters. The average molecular weight is 459 g/mol. The maximum Gasteiger partial charge on any atom is 0.431 e. The van der Waals surface area contributed by atoms with Gasteiger partial charge >= 0.3 is 6.18 Å². The molecule has 0 bridgehead atoms. The Bertz CT molecular complexity index is 1180. The molecule has 33 heavy (non-hydrogen) atoms.